The van der Waals surface area contributed by atoms with Crippen molar-refractivity contribution in [1.29, 1.82) is 0 Å². The van der Waals surface area contributed by atoms with E-state index in [0.29, 0.717) is 107 Å². The molecule has 0 amide bonds. The monoisotopic (exact) mass is 1660 g/mol. The summed E-state index contributed by atoms with van der Waals surface area (Å²) < 4.78 is 46.8. The standard InChI is InChI=1S/C25H28N4O3.C25H26N4O3.C25H24N4O3.C22H19N3O3/c3*1-31-22-10-9-19-24(30)23(16-21-17-6-2-3-8-20(17)27-28-21)32-25(19)18(22)7-4-5-13-29-14-11-26-12-15-29;1-27-18-7-6-15-21(26)19(12-17-14-4-2-3-5-16(14)24-25-17)28-22(15)20(18)13-8-10-23-11-9-13/h2-3,6,8-10,16,26,30H,4-5,7,11-15H2,1H3;2-4,6-10,16,26,30H,5,11-15H2,1H3;2-3,6,8-10,16,26,30H,5,11-15H2,1H3;2-8,12,23,26H,9-11H2,1H3/b;7-4-,21-16?;;. The highest BCUT2D eigenvalue weighted by atomic mass is 16.5. The minimum atomic E-state index is 0.0543. The lowest BCUT2D eigenvalue weighted by Crippen LogP contribution is -2.43. The Morgan fingerprint density at radius 1 is 0.403 bits per heavy atom. The minimum Gasteiger partial charge on any atom is -0.504 e. The van der Waals surface area contributed by atoms with Gasteiger partial charge in [0.05, 0.1) is 107 Å². The summed E-state index contributed by atoms with van der Waals surface area (Å²) in [6.07, 6.45) is 18.7. The summed E-state index contributed by atoms with van der Waals surface area (Å²) in [6, 6.07) is 45.6. The van der Waals surface area contributed by atoms with E-state index < -0.39 is 0 Å². The van der Waals surface area contributed by atoms with Gasteiger partial charge in [0, 0.05) is 157 Å². The summed E-state index contributed by atoms with van der Waals surface area (Å²) in [5, 5.41) is 93.0. The number of piperazine rings is 3. The lowest BCUT2D eigenvalue weighted by atomic mass is 9.97. The van der Waals surface area contributed by atoms with Gasteiger partial charge in [-0.3, -0.25) is 4.90 Å². The van der Waals surface area contributed by atoms with Gasteiger partial charge in [-0.1, -0.05) is 103 Å². The van der Waals surface area contributed by atoms with E-state index >= 15 is 0 Å². The van der Waals surface area contributed by atoms with Gasteiger partial charge in [-0.15, -0.1) is 40.9 Å². The predicted molar refractivity (Wildman–Crippen MR) is 485 cm³/mol. The predicted octanol–water partition coefficient (Wildman–Crippen LogP) is 19.5. The van der Waals surface area contributed by atoms with Crippen LogP contribution in [0.2, 0.25) is 0 Å². The average Bonchev–Trinajstić information content (AvgIpc) is 1.61. The molecule has 0 unspecified atom stereocenters. The second-order valence-corrected chi connectivity index (χ2v) is 30.6. The van der Waals surface area contributed by atoms with Crippen LogP contribution < -0.4 is 40.2 Å². The number of methoxy groups -OCH3 is 4. The molecule has 0 atom stereocenters. The smallest absolute Gasteiger partial charge is 0.172 e. The number of benzene rings is 8. The van der Waals surface area contributed by atoms with Gasteiger partial charge in [-0.2, -0.15) is 0 Å². The molecule has 8 aliphatic rings. The van der Waals surface area contributed by atoms with E-state index in [9.17, 15) is 20.4 Å². The third-order valence-electron chi connectivity index (χ3n) is 23.0. The van der Waals surface area contributed by atoms with E-state index in [2.05, 4.69) is 101 Å². The Bertz CT molecular complexity index is 6360. The highest BCUT2D eigenvalue weighted by Gasteiger charge is 2.28. The number of azo groups is 4. The molecule has 27 heteroatoms. The Labute approximate surface area is 716 Å². The van der Waals surface area contributed by atoms with Gasteiger partial charge in [0.15, 0.2) is 51.6 Å². The third-order valence-corrected chi connectivity index (χ3v) is 23.0. The fourth-order valence-electron chi connectivity index (χ4n) is 16.4. The van der Waals surface area contributed by atoms with Crippen LogP contribution >= 0.6 is 0 Å². The highest BCUT2D eigenvalue weighted by molar-refractivity contribution is 6.02. The quantitative estimate of drug-likeness (QED) is 0.0260. The second kappa shape index (κ2) is 38.7. The Hall–Kier alpha value is -13.6. The first-order chi connectivity index (χ1) is 61.0. The van der Waals surface area contributed by atoms with Gasteiger partial charge in [0.1, 0.15) is 45.3 Å². The molecule has 0 spiro atoms. The summed E-state index contributed by atoms with van der Waals surface area (Å²) in [4.78, 5) is 7.36. The molecule has 8 aromatic carbocycles. The molecule has 0 radical (unpaired) electrons. The van der Waals surface area contributed by atoms with Gasteiger partial charge < -0.3 is 88.1 Å². The first-order valence-electron chi connectivity index (χ1n) is 42.0. The van der Waals surface area contributed by atoms with E-state index in [1.54, 1.807) is 64.9 Å². The zero-order valence-electron chi connectivity index (χ0n) is 69.6. The van der Waals surface area contributed by atoms with Crippen molar-refractivity contribution >= 4 is 125 Å². The molecule has 0 aliphatic carbocycles. The van der Waals surface area contributed by atoms with E-state index in [1.807, 2.05) is 140 Å². The van der Waals surface area contributed by atoms with E-state index in [0.717, 1.165) is 229 Å². The van der Waals surface area contributed by atoms with Crippen LogP contribution in [0.3, 0.4) is 0 Å². The van der Waals surface area contributed by atoms with Crippen LogP contribution in [-0.2, 0) is 6.42 Å². The van der Waals surface area contributed by atoms with Crippen molar-refractivity contribution in [2.24, 2.45) is 40.9 Å². The maximum absolute atomic E-state index is 10.9. The Morgan fingerprint density at radius 2 is 0.806 bits per heavy atom. The zero-order chi connectivity index (χ0) is 84.8. The molecule has 20 rings (SSSR count). The van der Waals surface area contributed by atoms with E-state index in [1.165, 1.54) is 0 Å². The number of aryl methyl sites for hydroxylation is 1. The first kappa shape index (κ1) is 82.7. The number of nitrogens with one attached hydrogen (secondary N) is 4. The van der Waals surface area contributed by atoms with Gasteiger partial charge in [0.25, 0.3) is 0 Å². The van der Waals surface area contributed by atoms with Gasteiger partial charge in [-0.05, 0) is 124 Å². The number of furan rings is 4. The highest BCUT2D eigenvalue weighted by Crippen LogP contribution is 2.49. The molecule has 3 saturated heterocycles. The molecule has 632 valence electrons. The van der Waals surface area contributed by atoms with Crippen molar-refractivity contribution in [2.75, 3.05) is 140 Å². The molecule has 124 heavy (non-hydrogen) atoms. The van der Waals surface area contributed by atoms with Crippen molar-refractivity contribution < 1.29 is 57.0 Å². The lowest BCUT2D eigenvalue weighted by Gasteiger charge is -2.27. The fourth-order valence-corrected chi connectivity index (χ4v) is 16.4. The lowest BCUT2D eigenvalue weighted by molar-refractivity contribution is 0.237. The van der Waals surface area contributed by atoms with Crippen molar-refractivity contribution in [3.05, 3.63) is 225 Å². The van der Waals surface area contributed by atoms with Crippen LogP contribution in [0, 0.1) is 11.8 Å². The zero-order valence-corrected chi connectivity index (χ0v) is 69.6. The summed E-state index contributed by atoms with van der Waals surface area (Å²) in [5.74, 6) is 11.1. The van der Waals surface area contributed by atoms with Crippen molar-refractivity contribution in [2.45, 2.75) is 38.5 Å². The number of unbranched alkanes of at least 4 members (excludes halogenated alkanes) is 1. The van der Waals surface area contributed by atoms with Crippen LogP contribution in [0.5, 0.6) is 46.0 Å². The van der Waals surface area contributed by atoms with Gasteiger partial charge >= 0.3 is 0 Å². The van der Waals surface area contributed by atoms with Gasteiger partial charge in [0.2, 0.25) is 0 Å². The average molecular weight is 1660 g/mol. The maximum Gasteiger partial charge on any atom is 0.172 e. The van der Waals surface area contributed by atoms with E-state index in [-0.39, 0.29) is 23.0 Å². The van der Waals surface area contributed by atoms with Crippen LogP contribution in [0.25, 0.3) is 103 Å². The largest absolute Gasteiger partial charge is 0.504 e. The molecule has 12 aromatic rings. The first-order valence-corrected chi connectivity index (χ1v) is 42.0. The number of nitrogens with zero attached hydrogens (tertiary/aromatic N) is 11. The van der Waals surface area contributed by atoms with Crippen LogP contribution in [0.1, 0.15) is 99.7 Å². The maximum atomic E-state index is 10.9. The van der Waals surface area contributed by atoms with Crippen LogP contribution in [0.15, 0.2) is 216 Å². The van der Waals surface area contributed by atoms with E-state index in [4.69, 9.17) is 36.6 Å². The second-order valence-electron chi connectivity index (χ2n) is 30.6. The minimum absolute atomic E-state index is 0.0543. The summed E-state index contributed by atoms with van der Waals surface area (Å²) >= 11 is 0. The Balaban J connectivity index is 0.000000117. The number of rotatable bonds is 20. The number of hydrogen-bond acceptors (Lipinski definition) is 27. The molecule has 0 saturated carbocycles. The molecule has 8 N–H and O–H groups in total. The number of aromatic hydroxyl groups is 4. The molecular weight excluding hydrogens is 1570 g/mol. The Kier molecular flexibility index (Phi) is 25.8. The number of ether oxygens (including phenoxy) is 4. The number of hydrogen-bond donors (Lipinski definition) is 8. The molecule has 12 heterocycles. The third kappa shape index (κ3) is 18.0. The summed E-state index contributed by atoms with van der Waals surface area (Å²) in [6.45, 7) is 17.5. The van der Waals surface area contributed by atoms with Crippen molar-refractivity contribution in [1.82, 2.24) is 36.0 Å². The van der Waals surface area contributed by atoms with Crippen molar-refractivity contribution in [3.8, 4) is 57.8 Å². The number of fused-ring (bicyclic) bond motifs is 8. The summed E-state index contributed by atoms with van der Waals surface area (Å²) in [7, 11) is 6.57. The molecule has 27 nitrogen and oxygen atoms in total. The van der Waals surface area contributed by atoms with Crippen molar-refractivity contribution in [3.63, 3.8) is 0 Å². The van der Waals surface area contributed by atoms with Crippen LogP contribution in [-0.4, -0.2) is 175 Å². The fraction of sp³-hybridized carbons (Fsp3) is 0.278. The molecule has 8 aliphatic heterocycles. The summed E-state index contributed by atoms with van der Waals surface area (Å²) in [5.41, 5.74) is 16.5. The van der Waals surface area contributed by atoms with Crippen LogP contribution in [0.4, 0.5) is 22.7 Å². The molecule has 4 aromatic heterocycles. The molecule has 0 bridgehead atoms. The topological polar surface area (TPSA) is 327 Å². The normalized spacial score (nSPS) is 17.2. The molecular formula is C97H97N15O12. The SMILES string of the molecule is COc1ccc2c(O)c(C=C3N=Nc4ccccc43)oc2c1/C=C\CCN1CCNCC1.COc1ccc2c(O)c(C=C3N=Nc4ccccc43)oc2c1C#CCCN1CCNCC1.COc1ccc2c(O)c(C=C3N=Nc4ccccc43)oc2c1C1=CCNCC1.COc1ccc2c(O)c(C=C3N=Nc4ccccc43)oc2c1CCCCN1CCNCC1. The van der Waals surface area contributed by atoms with Gasteiger partial charge in [-0.25, -0.2) is 0 Å². The molecule has 3 fully saturated rings. The Morgan fingerprint density at radius 3 is 1.28 bits per heavy atom.